The molecule has 0 spiro atoms. The number of carbonyl (C=O) groups excluding carboxylic acids is 1. The number of amides is 1. The maximum absolute atomic E-state index is 11.3. The molecule has 11 heavy (non-hydrogen) atoms. The zero-order valence-electron chi connectivity index (χ0n) is 7.05. The molecule has 0 radical (unpaired) electrons. The zero-order valence-corrected chi connectivity index (χ0v) is 7.05. The minimum Gasteiger partial charge on any atom is -0.345 e. The van der Waals surface area contributed by atoms with Crippen molar-refractivity contribution in [2.75, 3.05) is 27.2 Å². The highest BCUT2D eigenvalue weighted by Gasteiger charge is 2.12. The fourth-order valence-corrected chi connectivity index (χ4v) is 1.10. The predicted octanol–water partition coefficient (Wildman–Crippen LogP) is -0.00570. The Bertz CT molecular complexity index is 185. The van der Waals surface area contributed by atoms with Gasteiger partial charge in [-0.1, -0.05) is 6.08 Å². The molecular weight excluding hydrogens is 140 g/mol. The van der Waals surface area contributed by atoms with Crippen molar-refractivity contribution >= 4 is 5.91 Å². The number of hydrogen-bond donors (Lipinski definition) is 1. The van der Waals surface area contributed by atoms with Gasteiger partial charge in [-0.3, -0.25) is 4.79 Å². The lowest BCUT2D eigenvalue weighted by Crippen LogP contribution is -2.29. The van der Waals surface area contributed by atoms with Gasteiger partial charge in [-0.25, -0.2) is 0 Å². The summed E-state index contributed by atoms with van der Waals surface area (Å²) in [6.07, 6.45) is 2.82. The average molecular weight is 154 g/mol. The Morgan fingerprint density at radius 1 is 1.64 bits per heavy atom. The van der Waals surface area contributed by atoms with Crippen molar-refractivity contribution in [3.8, 4) is 0 Å². The third kappa shape index (κ3) is 2.05. The molecule has 1 aliphatic rings. The van der Waals surface area contributed by atoms with Crippen molar-refractivity contribution in [1.29, 1.82) is 0 Å². The molecule has 1 rings (SSSR count). The molecule has 0 unspecified atom stereocenters. The van der Waals surface area contributed by atoms with Gasteiger partial charge in [0.25, 0.3) is 0 Å². The maximum Gasteiger partial charge on any atom is 0.249 e. The second kappa shape index (κ2) is 3.53. The summed E-state index contributed by atoms with van der Waals surface area (Å²) >= 11 is 0. The minimum atomic E-state index is 0.145. The number of carbonyl (C=O) groups is 1. The molecule has 1 N–H and O–H groups in total. The minimum absolute atomic E-state index is 0.145. The van der Waals surface area contributed by atoms with Crippen LogP contribution < -0.4 is 5.32 Å². The molecule has 0 aromatic rings. The fraction of sp³-hybridized carbons (Fsp3) is 0.625. The number of hydrogen-bond acceptors (Lipinski definition) is 2. The smallest absolute Gasteiger partial charge is 0.249 e. The summed E-state index contributed by atoms with van der Waals surface area (Å²) in [5.41, 5.74) is 0.939. The molecule has 0 saturated heterocycles. The summed E-state index contributed by atoms with van der Waals surface area (Å²) in [5, 5.41) is 3.16. The summed E-state index contributed by atoms with van der Waals surface area (Å²) in [5.74, 6) is 0.145. The first kappa shape index (κ1) is 8.27. The molecule has 0 aliphatic carbocycles. The average Bonchev–Trinajstić information content (AvgIpc) is 2.05. The molecule has 0 saturated carbocycles. The molecule has 1 aliphatic heterocycles. The van der Waals surface area contributed by atoms with Gasteiger partial charge in [0.05, 0.1) is 0 Å². The van der Waals surface area contributed by atoms with E-state index in [-0.39, 0.29) is 5.91 Å². The Balaban J connectivity index is 2.58. The van der Waals surface area contributed by atoms with Gasteiger partial charge in [-0.2, -0.15) is 0 Å². The van der Waals surface area contributed by atoms with Crippen molar-refractivity contribution < 1.29 is 4.79 Å². The Kier molecular flexibility index (Phi) is 2.65. The monoisotopic (exact) mass is 154 g/mol. The number of likely N-dealkylation sites (N-methyl/N-ethyl adjacent to an activating group) is 1. The van der Waals surface area contributed by atoms with Crippen LogP contribution in [0.4, 0.5) is 0 Å². The Morgan fingerprint density at radius 2 is 2.36 bits per heavy atom. The van der Waals surface area contributed by atoms with E-state index in [2.05, 4.69) is 5.32 Å². The van der Waals surface area contributed by atoms with Gasteiger partial charge in [-0.15, -0.1) is 0 Å². The molecule has 0 atom stereocenters. The highest BCUT2D eigenvalue weighted by molar-refractivity contribution is 5.93. The van der Waals surface area contributed by atoms with E-state index in [0.717, 1.165) is 25.1 Å². The Labute approximate surface area is 67.1 Å². The van der Waals surface area contributed by atoms with Gasteiger partial charge < -0.3 is 10.2 Å². The van der Waals surface area contributed by atoms with E-state index in [1.807, 2.05) is 6.08 Å². The second-order valence-electron chi connectivity index (χ2n) is 2.88. The summed E-state index contributed by atoms with van der Waals surface area (Å²) in [4.78, 5) is 12.9. The molecular formula is C8H14N2O. The summed E-state index contributed by atoms with van der Waals surface area (Å²) in [6, 6.07) is 0. The number of nitrogens with one attached hydrogen (secondary N) is 1. The van der Waals surface area contributed by atoms with E-state index in [1.54, 1.807) is 19.0 Å². The van der Waals surface area contributed by atoms with Crippen LogP contribution in [0.1, 0.15) is 6.42 Å². The van der Waals surface area contributed by atoms with Crippen LogP contribution in [0.2, 0.25) is 0 Å². The van der Waals surface area contributed by atoms with Gasteiger partial charge in [0.15, 0.2) is 0 Å². The van der Waals surface area contributed by atoms with Crippen LogP contribution >= 0.6 is 0 Å². The van der Waals surface area contributed by atoms with E-state index in [9.17, 15) is 4.79 Å². The largest absolute Gasteiger partial charge is 0.345 e. The Morgan fingerprint density at radius 3 is 2.82 bits per heavy atom. The first-order valence-electron chi connectivity index (χ1n) is 3.83. The van der Waals surface area contributed by atoms with Crippen LogP contribution in [-0.2, 0) is 4.79 Å². The van der Waals surface area contributed by atoms with E-state index in [4.69, 9.17) is 0 Å². The van der Waals surface area contributed by atoms with Crippen molar-refractivity contribution in [3.63, 3.8) is 0 Å². The van der Waals surface area contributed by atoms with Crippen LogP contribution in [0.25, 0.3) is 0 Å². The van der Waals surface area contributed by atoms with Crippen LogP contribution in [-0.4, -0.2) is 38.0 Å². The van der Waals surface area contributed by atoms with Gasteiger partial charge in [0.1, 0.15) is 0 Å². The van der Waals surface area contributed by atoms with Crippen LogP contribution in [0.15, 0.2) is 11.6 Å². The third-order valence-corrected chi connectivity index (χ3v) is 1.74. The molecule has 1 amide bonds. The van der Waals surface area contributed by atoms with Crippen molar-refractivity contribution in [2.45, 2.75) is 6.42 Å². The van der Waals surface area contributed by atoms with E-state index >= 15 is 0 Å². The van der Waals surface area contributed by atoms with E-state index in [0.29, 0.717) is 0 Å². The van der Waals surface area contributed by atoms with Gasteiger partial charge in [-0.05, 0) is 13.0 Å². The zero-order chi connectivity index (χ0) is 8.27. The second-order valence-corrected chi connectivity index (χ2v) is 2.88. The molecule has 0 fully saturated rings. The highest BCUT2D eigenvalue weighted by atomic mass is 16.2. The quantitative estimate of drug-likeness (QED) is 0.576. The SMILES string of the molecule is CN(C)C(=O)C1=CCNCC1. The molecule has 1 heterocycles. The summed E-state index contributed by atoms with van der Waals surface area (Å²) in [6.45, 7) is 1.75. The molecule has 3 nitrogen and oxygen atoms in total. The maximum atomic E-state index is 11.3. The summed E-state index contributed by atoms with van der Waals surface area (Å²) in [7, 11) is 3.57. The lowest BCUT2D eigenvalue weighted by Gasteiger charge is -2.16. The Hall–Kier alpha value is -0.830. The molecule has 0 aromatic heterocycles. The van der Waals surface area contributed by atoms with Crippen molar-refractivity contribution in [3.05, 3.63) is 11.6 Å². The van der Waals surface area contributed by atoms with Crippen molar-refractivity contribution in [2.24, 2.45) is 0 Å². The lowest BCUT2D eigenvalue weighted by molar-refractivity contribution is -0.124. The first-order chi connectivity index (χ1) is 5.22. The standard InChI is InChI=1S/C8H14N2O/c1-10(2)8(11)7-3-5-9-6-4-7/h3,9H,4-6H2,1-2H3. The van der Waals surface area contributed by atoms with Crippen LogP contribution in [0, 0.1) is 0 Å². The van der Waals surface area contributed by atoms with E-state index in [1.165, 1.54) is 0 Å². The van der Waals surface area contributed by atoms with Gasteiger partial charge in [0, 0.05) is 26.2 Å². The number of nitrogens with zero attached hydrogens (tertiary/aromatic N) is 1. The third-order valence-electron chi connectivity index (χ3n) is 1.74. The van der Waals surface area contributed by atoms with Gasteiger partial charge in [0.2, 0.25) is 5.91 Å². The highest BCUT2D eigenvalue weighted by Crippen LogP contribution is 2.06. The van der Waals surface area contributed by atoms with E-state index < -0.39 is 0 Å². The number of rotatable bonds is 1. The fourth-order valence-electron chi connectivity index (χ4n) is 1.10. The topological polar surface area (TPSA) is 32.3 Å². The van der Waals surface area contributed by atoms with Crippen LogP contribution in [0.3, 0.4) is 0 Å². The normalized spacial score (nSPS) is 17.5. The van der Waals surface area contributed by atoms with Gasteiger partial charge >= 0.3 is 0 Å². The first-order valence-corrected chi connectivity index (χ1v) is 3.83. The van der Waals surface area contributed by atoms with Crippen LogP contribution in [0.5, 0.6) is 0 Å². The molecule has 3 heteroatoms. The molecule has 0 aromatic carbocycles. The predicted molar refractivity (Wildman–Crippen MR) is 44.3 cm³/mol. The molecule has 0 bridgehead atoms. The lowest BCUT2D eigenvalue weighted by atomic mass is 10.1. The molecule has 62 valence electrons. The summed E-state index contributed by atoms with van der Waals surface area (Å²) < 4.78 is 0. The van der Waals surface area contributed by atoms with Crippen molar-refractivity contribution in [1.82, 2.24) is 10.2 Å².